The molecule has 1 aromatic heterocycles. The number of likely N-dealkylation sites (N-methyl/N-ethyl adjacent to an activating group) is 1. The van der Waals surface area contributed by atoms with Crippen molar-refractivity contribution in [3.05, 3.63) is 59.0 Å². The number of aryl methyl sites for hydroxylation is 2. The Bertz CT molecular complexity index is 453. The van der Waals surface area contributed by atoms with Crippen LogP contribution in [0.3, 0.4) is 0 Å². The van der Waals surface area contributed by atoms with Crippen molar-refractivity contribution in [1.82, 2.24) is 5.32 Å². The van der Waals surface area contributed by atoms with E-state index in [4.69, 9.17) is 4.42 Å². The molecular weight excluding hydrogens is 210 g/mol. The molecule has 2 nitrogen and oxygen atoms in total. The zero-order valence-corrected chi connectivity index (χ0v) is 10.7. The second-order valence-corrected chi connectivity index (χ2v) is 4.43. The van der Waals surface area contributed by atoms with Crippen molar-refractivity contribution in [3.8, 4) is 0 Å². The van der Waals surface area contributed by atoms with Gasteiger partial charge < -0.3 is 9.73 Å². The first-order valence-electron chi connectivity index (χ1n) is 5.98. The lowest BCUT2D eigenvalue weighted by Gasteiger charge is -2.17. The van der Waals surface area contributed by atoms with Crippen LogP contribution in [-0.4, -0.2) is 7.05 Å². The van der Waals surface area contributed by atoms with Crippen molar-refractivity contribution in [2.45, 2.75) is 26.3 Å². The van der Waals surface area contributed by atoms with E-state index >= 15 is 0 Å². The third-order valence-corrected chi connectivity index (χ3v) is 3.29. The molecule has 0 aliphatic carbocycles. The SMILES string of the molecule is CNC(Cc1c(C)cccc1C)c1ccco1. The van der Waals surface area contributed by atoms with Crippen molar-refractivity contribution in [2.75, 3.05) is 7.05 Å². The number of nitrogens with one attached hydrogen (secondary N) is 1. The summed E-state index contributed by atoms with van der Waals surface area (Å²) in [5.41, 5.74) is 4.09. The lowest BCUT2D eigenvalue weighted by molar-refractivity contribution is 0.429. The van der Waals surface area contributed by atoms with Crippen molar-refractivity contribution in [3.63, 3.8) is 0 Å². The van der Waals surface area contributed by atoms with Gasteiger partial charge in [0.05, 0.1) is 12.3 Å². The molecule has 0 saturated carbocycles. The first-order chi connectivity index (χ1) is 8.22. The number of rotatable bonds is 4. The maximum atomic E-state index is 5.48. The molecule has 1 N–H and O–H groups in total. The first kappa shape index (κ1) is 11.9. The molecule has 0 aliphatic rings. The van der Waals surface area contributed by atoms with Crippen molar-refractivity contribution >= 4 is 0 Å². The molecule has 90 valence electrons. The molecule has 0 aliphatic heterocycles. The highest BCUT2D eigenvalue weighted by Crippen LogP contribution is 2.22. The van der Waals surface area contributed by atoms with Crippen LogP contribution in [0.2, 0.25) is 0 Å². The number of furan rings is 1. The summed E-state index contributed by atoms with van der Waals surface area (Å²) in [7, 11) is 1.97. The maximum Gasteiger partial charge on any atom is 0.121 e. The van der Waals surface area contributed by atoms with Crippen LogP contribution in [0, 0.1) is 13.8 Å². The van der Waals surface area contributed by atoms with Crippen LogP contribution in [0.1, 0.15) is 28.5 Å². The predicted molar refractivity (Wildman–Crippen MR) is 70.1 cm³/mol. The molecular formula is C15H19NO. The van der Waals surface area contributed by atoms with Gasteiger partial charge in [0.25, 0.3) is 0 Å². The van der Waals surface area contributed by atoms with Gasteiger partial charge in [-0.2, -0.15) is 0 Å². The van der Waals surface area contributed by atoms with Crippen LogP contribution in [0.15, 0.2) is 41.0 Å². The number of benzene rings is 1. The summed E-state index contributed by atoms with van der Waals surface area (Å²) < 4.78 is 5.48. The Morgan fingerprint density at radius 3 is 2.35 bits per heavy atom. The van der Waals surface area contributed by atoms with Crippen LogP contribution < -0.4 is 5.32 Å². The normalized spacial score (nSPS) is 12.6. The summed E-state index contributed by atoms with van der Waals surface area (Å²) in [5, 5.41) is 3.31. The second-order valence-electron chi connectivity index (χ2n) is 4.43. The van der Waals surface area contributed by atoms with Crippen LogP contribution in [0.25, 0.3) is 0 Å². The van der Waals surface area contributed by atoms with E-state index in [9.17, 15) is 0 Å². The lowest BCUT2D eigenvalue weighted by atomic mass is 9.95. The fourth-order valence-electron chi connectivity index (χ4n) is 2.21. The number of hydrogen-bond acceptors (Lipinski definition) is 2. The molecule has 0 bridgehead atoms. The molecule has 1 heterocycles. The number of hydrogen-bond donors (Lipinski definition) is 1. The fourth-order valence-corrected chi connectivity index (χ4v) is 2.21. The van der Waals surface area contributed by atoms with Crippen LogP contribution in [0.5, 0.6) is 0 Å². The smallest absolute Gasteiger partial charge is 0.121 e. The zero-order valence-electron chi connectivity index (χ0n) is 10.7. The predicted octanol–water partition coefficient (Wildman–Crippen LogP) is 3.40. The summed E-state index contributed by atoms with van der Waals surface area (Å²) >= 11 is 0. The molecule has 0 saturated heterocycles. The zero-order chi connectivity index (χ0) is 12.3. The minimum atomic E-state index is 0.241. The highest BCUT2D eigenvalue weighted by molar-refractivity contribution is 5.34. The van der Waals surface area contributed by atoms with Crippen molar-refractivity contribution < 1.29 is 4.42 Å². The van der Waals surface area contributed by atoms with Crippen molar-refractivity contribution in [2.24, 2.45) is 0 Å². The van der Waals surface area contributed by atoms with Gasteiger partial charge in [-0.1, -0.05) is 18.2 Å². The quantitative estimate of drug-likeness (QED) is 0.869. The minimum absolute atomic E-state index is 0.241. The Labute approximate surface area is 103 Å². The molecule has 1 atom stereocenters. The summed E-state index contributed by atoms with van der Waals surface area (Å²) in [6.07, 6.45) is 2.69. The molecule has 2 rings (SSSR count). The molecule has 0 spiro atoms. The van der Waals surface area contributed by atoms with Gasteiger partial charge >= 0.3 is 0 Å². The Kier molecular flexibility index (Phi) is 3.64. The molecule has 2 aromatic rings. The summed E-state index contributed by atoms with van der Waals surface area (Å²) in [5.74, 6) is 0.996. The van der Waals surface area contributed by atoms with E-state index in [0.717, 1.165) is 12.2 Å². The van der Waals surface area contributed by atoms with E-state index in [0.29, 0.717) is 0 Å². The molecule has 1 unspecified atom stereocenters. The average Bonchev–Trinajstić information content (AvgIpc) is 2.82. The van der Waals surface area contributed by atoms with Gasteiger partial charge in [-0.15, -0.1) is 0 Å². The van der Waals surface area contributed by atoms with Gasteiger partial charge in [-0.25, -0.2) is 0 Å². The molecule has 0 amide bonds. The minimum Gasteiger partial charge on any atom is -0.468 e. The highest BCUT2D eigenvalue weighted by Gasteiger charge is 2.14. The molecule has 0 fully saturated rings. The lowest BCUT2D eigenvalue weighted by Crippen LogP contribution is -2.19. The third kappa shape index (κ3) is 2.59. The van der Waals surface area contributed by atoms with Crippen LogP contribution >= 0.6 is 0 Å². The third-order valence-electron chi connectivity index (χ3n) is 3.29. The fraction of sp³-hybridized carbons (Fsp3) is 0.333. The van der Waals surface area contributed by atoms with Gasteiger partial charge in [-0.05, 0) is 56.1 Å². The van der Waals surface area contributed by atoms with E-state index in [1.165, 1.54) is 16.7 Å². The van der Waals surface area contributed by atoms with E-state index < -0.39 is 0 Å². The van der Waals surface area contributed by atoms with Crippen LogP contribution in [0.4, 0.5) is 0 Å². The topological polar surface area (TPSA) is 25.2 Å². The Morgan fingerprint density at radius 1 is 1.12 bits per heavy atom. The average molecular weight is 229 g/mol. The van der Waals surface area contributed by atoms with E-state index in [-0.39, 0.29) is 6.04 Å². The van der Waals surface area contributed by atoms with E-state index in [1.807, 2.05) is 19.2 Å². The Hall–Kier alpha value is -1.54. The molecule has 0 radical (unpaired) electrons. The summed E-state index contributed by atoms with van der Waals surface area (Å²) in [6.45, 7) is 4.33. The van der Waals surface area contributed by atoms with Crippen LogP contribution in [-0.2, 0) is 6.42 Å². The molecule has 1 aromatic carbocycles. The highest BCUT2D eigenvalue weighted by atomic mass is 16.3. The molecule has 17 heavy (non-hydrogen) atoms. The Balaban J connectivity index is 2.25. The first-order valence-corrected chi connectivity index (χ1v) is 5.98. The Morgan fingerprint density at radius 2 is 1.82 bits per heavy atom. The molecule has 2 heteroatoms. The van der Waals surface area contributed by atoms with E-state index in [2.05, 4.69) is 37.4 Å². The van der Waals surface area contributed by atoms with Crippen molar-refractivity contribution in [1.29, 1.82) is 0 Å². The maximum absolute atomic E-state index is 5.48. The standard InChI is InChI=1S/C15H19NO/c1-11-6-4-7-12(2)13(11)10-14(16-3)15-8-5-9-17-15/h4-9,14,16H,10H2,1-3H3. The van der Waals surface area contributed by atoms with Gasteiger partial charge in [0.15, 0.2) is 0 Å². The van der Waals surface area contributed by atoms with Gasteiger partial charge in [0, 0.05) is 0 Å². The monoisotopic (exact) mass is 229 g/mol. The van der Waals surface area contributed by atoms with Gasteiger partial charge in [0.2, 0.25) is 0 Å². The summed E-state index contributed by atoms with van der Waals surface area (Å²) in [4.78, 5) is 0. The van der Waals surface area contributed by atoms with Gasteiger partial charge in [-0.3, -0.25) is 0 Å². The second kappa shape index (κ2) is 5.19. The largest absolute Gasteiger partial charge is 0.468 e. The summed E-state index contributed by atoms with van der Waals surface area (Å²) in [6, 6.07) is 10.6. The van der Waals surface area contributed by atoms with E-state index in [1.54, 1.807) is 6.26 Å². The van der Waals surface area contributed by atoms with Gasteiger partial charge in [0.1, 0.15) is 5.76 Å².